The monoisotopic (exact) mass is 564 g/mol. The van der Waals surface area contributed by atoms with Gasteiger partial charge in [-0.3, -0.25) is 9.78 Å². The number of alkyl halides is 2. The summed E-state index contributed by atoms with van der Waals surface area (Å²) in [5, 5.41) is 2.50. The van der Waals surface area contributed by atoms with Gasteiger partial charge in [-0.2, -0.15) is 8.78 Å². The zero-order chi connectivity index (χ0) is 28.3. The Morgan fingerprint density at radius 3 is 2.41 bits per heavy atom. The van der Waals surface area contributed by atoms with E-state index in [0.29, 0.717) is 10.9 Å². The fourth-order valence-corrected chi connectivity index (χ4v) is 4.41. The van der Waals surface area contributed by atoms with Gasteiger partial charge in [0.2, 0.25) is 0 Å². The molecule has 6 nitrogen and oxygen atoms in total. The van der Waals surface area contributed by atoms with E-state index in [9.17, 15) is 31.5 Å². The Kier molecular flexibility index (Phi) is 8.29. The van der Waals surface area contributed by atoms with Crippen LogP contribution in [0, 0.1) is 17.5 Å². The zero-order valence-electron chi connectivity index (χ0n) is 20.0. The molecular weight excluding hydrogens is 547 g/mol. The Hall–Kier alpha value is -4.25. The van der Waals surface area contributed by atoms with Crippen molar-refractivity contribution >= 4 is 34.4 Å². The third kappa shape index (κ3) is 5.93. The number of carbonyl (C=O) groups is 2. The molecule has 4 rings (SSSR count). The van der Waals surface area contributed by atoms with Crippen LogP contribution in [0.2, 0.25) is 5.02 Å². The molecule has 12 heteroatoms. The number of amides is 1. The summed E-state index contributed by atoms with van der Waals surface area (Å²) in [6.45, 7) is -3.26. The summed E-state index contributed by atoms with van der Waals surface area (Å²) in [7, 11) is 1.08. The van der Waals surface area contributed by atoms with E-state index in [-0.39, 0.29) is 28.1 Å². The largest absolute Gasteiger partial charge is 0.467 e. The maximum absolute atomic E-state index is 14.1. The number of fused-ring (bicyclic) bond motifs is 1. The van der Waals surface area contributed by atoms with Gasteiger partial charge in [0.05, 0.1) is 17.6 Å². The summed E-state index contributed by atoms with van der Waals surface area (Å²) in [5.74, 6) is -5.71. The first-order chi connectivity index (χ1) is 18.6. The van der Waals surface area contributed by atoms with Crippen LogP contribution in [0.15, 0.2) is 60.8 Å². The summed E-state index contributed by atoms with van der Waals surface area (Å²) in [5.41, 5.74) is -0.0202. The number of hydrogen-bond acceptors (Lipinski definition) is 5. The van der Waals surface area contributed by atoms with Gasteiger partial charge in [-0.1, -0.05) is 35.9 Å². The highest BCUT2D eigenvalue weighted by Crippen LogP contribution is 2.41. The molecule has 0 aliphatic carbocycles. The molecule has 0 radical (unpaired) electrons. The summed E-state index contributed by atoms with van der Waals surface area (Å²) in [6, 6.07) is 9.35. The molecule has 0 aliphatic heterocycles. The average molecular weight is 565 g/mol. The van der Waals surface area contributed by atoms with Crippen LogP contribution in [0.3, 0.4) is 0 Å². The minimum Gasteiger partial charge on any atom is -0.467 e. The number of pyridine rings is 1. The highest BCUT2D eigenvalue weighted by Gasteiger charge is 2.27. The van der Waals surface area contributed by atoms with E-state index in [1.807, 2.05) is 0 Å². The minimum atomic E-state index is -3.26. The molecule has 1 aromatic heterocycles. The predicted octanol–water partition coefficient (Wildman–Crippen LogP) is 6.09. The van der Waals surface area contributed by atoms with E-state index < -0.39 is 53.3 Å². The summed E-state index contributed by atoms with van der Waals surface area (Å²) in [6.07, 6.45) is 1.22. The third-order valence-corrected chi connectivity index (χ3v) is 6.07. The number of aromatic nitrogens is 1. The molecule has 202 valence electrons. The first-order valence-corrected chi connectivity index (χ1v) is 11.6. The highest BCUT2D eigenvalue weighted by molar-refractivity contribution is 6.34. The second-order valence-corrected chi connectivity index (χ2v) is 8.57. The number of ether oxygens (including phenoxy) is 2. The average Bonchev–Trinajstić information content (AvgIpc) is 2.88. The normalized spacial score (nSPS) is 11.9. The zero-order valence-corrected chi connectivity index (χ0v) is 20.7. The van der Waals surface area contributed by atoms with Crippen LogP contribution in [-0.2, 0) is 16.0 Å². The maximum Gasteiger partial charge on any atom is 0.387 e. The first-order valence-electron chi connectivity index (χ1n) is 11.2. The van der Waals surface area contributed by atoms with Gasteiger partial charge >= 0.3 is 12.6 Å². The van der Waals surface area contributed by atoms with Crippen molar-refractivity contribution in [1.82, 2.24) is 10.3 Å². The van der Waals surface area contributed by atoms with Crippen molar-refractivity contribution in [2.45, 2.75) is 19.1 Å². The molecule has 0 fully saturated rings. The number of rotatable bonds is 8. The van der Waals surface area contributed by atoms with Crippen molar-refractivity contribution in [1.29, 1.82) is 0 Å². The molecule has 0 spiro atoms. The molecule has 0 unspecified atom stereocenters. The Balaban J connectivity index is 1.77. The summed E-state index contributed by atoms with van der Waals surface area (Å²) >= 11 is 6.22. The number of benzene rings is 3. The lowest BCUT2D eigenvalue weighted by atomic mass is 9.94. The third-order valence-electron chi connectivity index (χ3n) is 5.77. The molecule has 0 saturated carbocycles. The topological polar surface area (TPSA) is 77.5 Å². The van der Waals surface area contributed by atoms with Crippen molar-refractivity contribution in [3.05, 3.63) is 94.4 Å². The van der Waals surface area contributed by atoms with E-state index in [1.54, 1.807) is 12.1 Å². The van der Waals surface area contributed by atoms with Crippen molar-refractivity contribution in [3.8, 4) is 16.9 Å². The molecule has 4 aromatic rings. The van der Waals surface area contributed by atoms with E-state index in [2.05, 4.69) is 15.0 Å². The van der Waals surface area contributed by atoms with E-state index in [1.165, 1.54) is 18.3 Å². The fraction of sp³-hybridized carbons (Fsp3) is 0.148. The summed E-state index contributed by atoms with van der Waals surface area (Å²) in [4.78, 5) is 29.5. The van der Waals surface area contributed by atoms with Crippen molar-refractivity contribution in [3.63, 3.8) is 0 Å². The van der Waals surface area contributed by atoms with E-state index in [4.69, 9.17) is 16.3 Å². The van der Waals surface area contributed by atoms with Crippen LogP contribution in [0.4, 0.5) is 22.0 Å². The highest BCUT2D eigenvalue weighted by atomic mass is 35.5. The van der Waals surface area contributed by atoms with Gasteiger partial charge in [0.15, 0.2) is 0 Å². The van der Waals surface area contributed by atoms with Gasteiger partial charge in [0.1, 0.15) is 34.8 Å². The second-order valence-electron chi connectivity index (χ2n) is 8.16. The molecule has 1 N–H and O–H groups in total. The number of nitrogens with zero attached hydrogens (tertiary/aromatic N) is 1. The Morgan fingerprint density at radius 1 is 1.03 bits per heavy atom. The van der Waals surface area contributed by atoms with E-state index >= 15 is 0 Å². The first kappa shape index (κ1) is 27.8. The van der Waals surface area contributed by atoms with Crippen molar-refractivity contribution < 1.29 is 41.0 Å². The van der Waals surface area contributed by atoms with Crippen LogP contribution in [0.1, 0.15) is 15.9 Å². The number of hydrogen-bond donors (Lipinski definition) is 1. The lowest BCUT2D eigenvalue weighted by Gasteiger charge is -2.19. The van der Waals surface area contributed by atoms with Gasteiger partial charge in [-0.25, -0.2) is 18.0 Å². The Bertz CT molecular complexity index is 1550. The molecular formula is C27H18ClF5N2O4. The summed E-state index contributed by atoms with van der Waals surface area (Å²) < 4.78 is 77.6. The lowest BCUT2D eigenvalue weighted by Crippen LogP contribution is -2.43. The number of halogens is 6. The maximum atomic E-state index is 14.1. The number of carbonyl (C=O) groups excluding carboxylic acids is 2. The number of methoxy groups -OCH3 is 1. The Morgan fingerprint density at radius 2 is 1.74 bits per heavy atom. The number of nitrogens with one attached hydrogen (secondary N) is 1. The second kappa shape index (κ2) is 11.6. The molecule has 0 aliphatic rings. The molecule has 1 amide bonds. The van der Waals surface area contributed by atoms with Crippen LogP contribution in [-0.4, -0.2) is 36.6 Å². The van der Waals surface area contributed by atoms with Gasteiger partial charge < -0.3 is 14.8 Å². The van der Waals surface area contributed by atoms with Crippen LogP contribution in [0.5, 0.6) is 5.75 Å². The van der Waals surface area contributed by atoms with Crippen LogP contribution < -0.4 is 10.1 Å². The SMILES string of the molecule is COC(=O)[C@H](Cc1ccc(-c2c(Cl)cc(F)cc2OC(F)F)c2ncccc12)NC(=O)c1c(F)cccc1F. The molecule has 0 saturated heterocycles. The smallest absolute Gasteiger partial charge is 0.387 e. The Labute approximate surface area is 223 Å². The molecule has 0 bridgehead atoms. The lowest BCUT2D eigenvalue weighted by molar-refractivity contribution is -0.142. The molecule has 3 aromatic carbocycles. The fourth-order valence-electron chi connectivity index (χ4n) is 4.11. The molecule has 1 atom stereocenters. The van der Waals surface area contributed by atoms with Crippen LogP contribution >= 0.6 is 11.6 Å². The minimum absolute atomic E-state index is 0.0403. The van der Waals surface area contributed by atoms with Gasteiger partial charge in [0.25, 0.3) is 5.91 Å². The van der Waals surface area contributed by atoms with Crippen molar-refractivity contribution in [2.75, 3.05) is 7.11 Å². The van der Waals surface area contributed by atoms with Gasteiger partial charge in [-0.15, -0.1) is 0 Å². The standard InChI is InChI=1S/C27H18ClF5N2O4/c1-38-26(37)20(35-25(36)23-18(30)5-2-6-19(23)31)10-13-7-8-16(24-15(13)4-3-9-34-24)22-17(28)11-14(29)12-21(22)39-27(32)33/h2-9,11-12,20,27H,10H2,1H3,(H,35,36)/t20-/m0/s1. The quantitative estimate of drug-likeness (QED) is 0.207. The van der Waals surface area contributed by atoms with Gasteiger partial charge in [-0.05, 0) is 29.8 Å². The van der Waals surface area contributed by atoms with E-state index in [0.717, 1.165) is 37.4 Å². The number of esters is 1. The van der Waals surface area contributed by atoms with Crippen molar-refractivity contribution in [2.24, 2.45) is 0 Å². The predicted molar refractivity (Wildman–Crippen MR) is 132 cm³/mol. The molecule has 1 heterocycles. The van der Waals surface area contributed by atoms with Gasteiger partial charge in [0, 0.05) is 35.2 Å². The molecule has 39 heavy (non-hydrogen) atoms. The van der Waals surface area contributed by atoms with Crippen LogP contribution in [0.25, 0.3) is 22.0 Å².